The van der Waals surface area contributed by atoms with Gasteiger partial charge in [0.1, 0.15) is 17.6 Å². The van der Waals surface area contributed by atoms with Crippen LogP contribution < -0.4 is 10.1 Å². The van der Waals surface area contributed by atoms with E-state index < -0.39 is 17.9 Å². The molecule has 2 N–H and O–H groups in total. The summed E-state index contributed by atoms with van der Waals surface area (Å²) in [5.41, 5.74) is 3.37. The molecule has 0 radical (unpaired) electrons. The zero-order valence-corrected chi connectivity index (χ0v) is 22.0. The monoisotopic (exact) mass is 522 g/mol. The van der Waals surface area contributed by atoms with Gasteiger partial charge in [0, 0.05) is 25.1 Å². The fraction of sp³-hybridized carbons (Fsp3) is 0.500. The first-order valence-corrected chi connectivity index (χ1v) is 13.5. The lowest BCUT2D eigenvalue weighted by molar-refractivity contribution is -0.140. The Bertz CT molecular complexity index is 1270. The van der Waals surface area contributed by atoms with Crippen molar-refractivity contribution in [3.8, 4) is 5.75 Å². The lowest BCUT2D eigenvalue weighted by Crippen LogP contribution is -2.45. The minimum Gasteiger partial charge on any atom is -0.493 e. The van der Waals surface area contributed by atoms with Crippen molar-refractivity contribution in [2.24, 2.45) is 5.92 Å². The molecule has 8 heteroatoms. The number of halogens is 1. The maximum atomic E-state index is 15.1. The molecule has 0 spiro atoms. The van der Waals surface area contributed by atoms with Gasteiger partial charge in [-0.05, 0) is 96.4 Å². The number of carboxylic acid groups (broad SMARTS) is 1. The number of amides is 2. The van der Waals surface area contributed by atoms with E-state index in [0.29, 0.717) is 42.3 Å². The van der Waals surface area contributed by atoms with E-state index in [1.807, 2.05) is 38.1 Å². The number of carbonyl (C=O) groups is 3. The second-order valence-corrected chi connectivity index (χ2v) is 11.5. The van der Waals surface area contributed by atoms with Gasteiger partial charge in [-0.15, -0.1) is 0 Å². The third kappa shape index (κ3) is 5.54. The van der Waals surface area contributed by atoms with Gasteiger partial charge in [0.25, 0.3) is 5.91 Å². The number of carbonyl (C=O) groups excluding carboxylic acids is 2. The fourth-order valence-corrected chi connectivity index (χ4v) is 5.75. The van der Waals surface area contributed by atoms with Crippen LogP contribution in [0.4, 0.5) is 10.1 Å². The van der Waals surface area contributed by atoms with Crippen molar-refractivity contribution in [1.29, 1.82) is 0 Å². The summed E-state index contributed by atoms with van der Waals surface area (Å²) < 4.78 is 21.0. The molecule has 2 aliphatic carbocycles. The molecule has 38 heavy (non-hydrogen) atoms. The maximum Gasteiger partial charge on any atom is 0.303 e. The molecule has 1 aliphatic heterocycles. The molecule has 1 heterocycles. The smallest absolute Gasteiger partial charge is 0.303 e. The lowest BCUT2D eigenvalue weighted by Gasteiger charge is -2.36. The van der Waals surface area contributed by atoms with Crippen molar-refractivity contribution in [3.05, 3.63) is 58.4 Å². The summed E-state index contributed by atoms with van der Waals surface area (Å²) in [6.45, 7) is 5.05. The van der Waals surface area contributed by atoms with Crippen LogP contribution in [0.1, 0.15) is 80.7 Å². The summed E-state index contributed by atoms with van der Waals surface area (Å²) in [4.78, 5) is 39.3. The van der Waals surface area contributed by atoms with Crippen molar-refractivity contribution < 1.29 is 28.6 Å². The summed E-state index contributed by atoms with van der Waals surface area (Å²) >= 11 is 0. The van der Waals surface area contributed by atoms with Gasteiger partial charge < -0.3 is 20.1 Å². The SMILES string of the molecule is CC1(C)CCc2cc(NC(=O)[C@H]3c4ccc(OCC5CC5)cc4CCN3C(=O)CCCC(=O)O)cc(F)c21. The Morgan fingerprint density at radius 1 is 1.11 bits per heavy atom. The number of aliphatic carboxylic acids is 1. The highest BCUT2D eigenvalue weighted by molar-refractivity contribution is 5.98. The van der Waals surface area contributed by atoms with E-state index in [9.17, 15) is 14.4 Å². The molecule has 3 aliphatic rings. The number of hydrogen-bond donors (Lipinski definition) is 2. The van der Waals surface area contributed by atoms with E-state index in [2.05, 4.69) is 5.32 Å². The second-order valence-electron chi connectivity index (χ2n) is 11.5. The minimum atomic E-state index is -0.961. The van der Waals surface area contributed by atoms with Gasteiger partial charge in [-0.25, -0.2) is 4.39 Å². The van der Waals surface area contributed by atoms with E-state index in [1.165, 1.54) is 23.8 Å². The van der Waals surface area contributed by atoms with Crippen molar-refractivity contribution in [1.82, 2.24) is 4.90 Å². The van der Waals surface area contributed by atoms with Crippen molar-refractivity contribution in [2.75, 3.05) is 18.5 Å². The van der Waals surface area contributed by atoms with Crippen molar-refractivity contribution in [3.63, 3.8) is 0 Å². The molecule has 0 unspecified atom stereocenters. The standard InChI is InChI=1S/C30H35FN2O5/c1-30(2)12-10-20-14-21(16-24(31)27(20)30)32-29(37)28-23-9-8-22(38-17-18-6-7-18)15-19(23)11-13-33(28)25(34)4-3-5-26(35)36/h8-9,14-16,18,28H,3-7,10-13,17H2,1-2H3,(H,32,37)(H,35,36)/t28-/m1/s1. The quantitative estimate of drug-likeness (QED) is 0.475. The number of carboxylic acids is 1. The predicted molar refractivity (Wildman–Crippen MR) is 141 cm³/mol. The molecule has 7 nitrogen and oxygen atoms in total. The van der Waals surface area contributed by atoms with Crippen LogP contribution in [0.5, 0.6) is 5.75 Å². The molecule has 2 aromatic rings. The topological polar surface area (TPSA) is 95.9 Å². The number of nitrogens with zero attached hydrogens (tertiary/aromatic N) is 1. The largest absolute Gasteiger partial charge is 0.493 e. The normalized spacial score (nSPS) is 19.4. The van der Waals surface area contributed by atoms with Crippen LogP contribution in [0.3, 0.4) is 0 Å². The Kier molecular flexibility index (Phi) is 7.16. The Morgan fingerprint density at radius 2 is 1.89 bits per heavy atom. The van der Waals surface area contributed by atoms with Crippen molar-refractivity contribution in [2.45, 2.75) is 76.7 Å². The number of rotatable bonds is 9. The molecule has 5 rings (SSSR count). The number of anilines is 1. The Labute approximate surface area is 222 Å². The zero-order valence-electron chi connectivity index (χ0n) is 22.0. The van der Waals surface area contributed by atoms with Gasteiger partial charge in [-0.2, -0.15) is 0 Å². The highest BCUT2D eigenvalue weighted by Crippen LogP contribution is 2.42. The average molecular weight is 523 g/mol. The Hall–Kier alpha value is -3.42. The first-order chi connectivity index (χ1) is 18.1. The van der Waals surface area contributed by atoms with E-state index in [1.54, 1.807) is 0 Å². The molecule has 0 bridgehead atoms. The summed E-state index contributed by atoms with van der Waals surface area (Å²) in [6, 6.07) is 7.91. The molecule has 202 valence electrons. The zero-order chi connectivity index (χ0) is 27.0. The van der Waals surface area contributed by atoms with Gasteiger partial charge in [-0.3, -0.25) is 14.4 Å². The summed E-state index contributed by atoms with van der Waals surface area (Å²) in [5.74, 6) is -0.616. The van der Waals surface area contributed by atoms with Crippen LogP contribution >= 0.6 is 0 Å². The number of aryl methyl sites for hydroxylation is 1. The highest BCUT2D eigenvalue weighted by atomic mass is 19.1. The van der Waals surface area contributed by atoms with Gasteiger partial charge in [0.15, 0.2) is 0 Å². The molecule has 2 amide bonds. The van der Waals surface area contributed by atoms with Gasteiger partial charge in [-0.1, -0.05) is 19.9 Å². The van der Waals surface area contributed by atoms with Gasteiger partial charge in [0.2, 0.25) is 5.91 Å². The number of nitrogens with one attached hydrogen (secondary N) is 1. The van der Waals surface area contributed by atoms with Crippen LogP contribution in [0, 0.1) is 11.7 Å². The van der Waals surface area contributed by atoms with E-state index in [4.69, 9.17) is 9.84 Å². The molecule has 0 aromatic heterocycles. The van der Waals surface area contributed by atoms with E-state index >= 15 is 4.39 Å². The van der Waals surface area contributed by atoms with Crippen LogP contribution in [-0.2, 0) is 32.6 Å². The number of hydrogen-bond acceptors (Lipinski definition) is 4. The van der Waals surface area contributed by atoms with E-state index in [0.717, 1.165) is 29.7 Å². The summed E-state index contributed by atoms with van der Waals surface area (Å²) in [6.07, 6.45) is 4.65. The van der Waals surface area contributed by atoms with Crippen molar-refractivity contribution >= 4 is 23.5 Å². The average Bonchev–Trinajstić information content (AvgIpc) is 3.64. The minimum absolute atomic E-state index is 0.0382. The predicted octanol–water partition coefficient (Wildman–Crippen LogP) is 5.16. The summed E-state index contributed by atoms with van der Waals surface area (Å²) in [5, 5.41) is 11.8. The third-order valence-corrected chi connectivity index (χ3v) is 8.01. The van der Waals surface area contributed by atoms with Crippen LogP contribution in [0.25, 0.3) is 0 Å². The maximum absolute atomic E-state index is 15.1. The molecule has 1 atom stereocenters. The Balaban J connectivity index is 1.40. The Morgan fingerprint density at radius 3 is 2.63 bits per heavy atom. The first kappa shape index (κ1) is 26.2. The molecule has 1 saturated carbocycles. The molecule has 2 aromatic carbocycles. The highest BCUT2D eigenvalue weighted by Gasteiger charge is 2.37. The summed E-state index contributed by atoms with van der Waals surface area (Å²) in [7, 11) is 0. The van der Waals surface area contributed by atoms with Gasteiger partial charge in [0.05, 0.1) is 6.61 Å². The number of ether oxygens (including phenoxy) is 1. The van der Waals surface area contributed by atoms with Crippen LogP contribution in [-0.4, -0.2) is 40.9 Å². The van der Waals surface area contributed by atoms with Gasteiger partial charge >= 0.3 is 5.97 Å². The molecule has 0 saturated heterocycles. The lowest BCUT2D eigenvalue weighted by atomic mass is 9.86. The number of benzene rings is 2. The molecular formula is C30H35FN2O5. The van der Waals surface area contributed by atoms with Crippen LogP contribution in [0.2, 0.25) is 0 Å². The van der Waals surface area contributed by atoms with Crippen LogP contribution in [0.15, 0.2) is 30.3 Å². The number of fused-ring (bicyclic) bond motifs is 2. The van der Waals surface area contributed by atoms with E-state index in [-0.39, 0.29) is 36.4 Å². The first-order valence-electron chi connectivity index (χ1n) is 13.5. The fourth-order valence-electron chi connectivity index (χ4n) is 5.75. The molecular weight excluding hydrogens is 487 g/mol. The second kappa shape index (κ2) is 10.4. The third-order valence-electron chi connectivity index (χ3n) is 8.01. The molecule has 1 fully saturated rings.